The fraction of sp³-hybridized carbons (Fsp3) is 0.312. The smallest absolute Gasteiger partial charge is 0.177 e. The summed E-state index contributed by atoms with van der Waals surface area (Å²) in [5.41, 5.74) is 2.38. The van der Waals surface area contributed by atoms with Crippen molar-refractivity contribution >= 4 is 11.3 Å². The second-order valence-electron chi connectivity index (χ2n) is 5.43. The van der Waals surface area contributed by atoms with Gasteiger partial charge in [0.25, 0.3) is 0 Å². The van der Waals surface area contributed by atoms with Crippen molar-refractivity contribution < 1.29 is 4.52 Å². The van der Waals surface area contributed by atoms with Crippen molar-refractivity contribution in [2.45, 2.75) is 26.1 Å². The van der Waals surface area contributed by atoms with Gasteiger partial charge in [-0.3, -0.25) is 4.90 Å². The Morgan fingerprint density at radius 3 is 3.14 bits per heavy atom. The summed E-state index contributed by atoms with van der Waals surface area (Å²) >= 11 is 1.68. The van der Waals surface area contributed by atoms with Crippen LogP contribution in [0, 0.1) is 0 Å². The van der Waals surface area contributed by atoms with Crippen molar-refractivity contribution in [2.75, 3.05) is 6.54 Å². The Morgan fingerprint density at radius 2 is 2.29 bits per heavy atom. The molecule has 0 N–H and O–H groups in total. The van der Waals surface area contributed by atoms with Crippen molar-refractivity contribution in [3.63, 3.8) is 0 Å². The van der Waals surface area contributed by atoms with Crippen LogP contribution in [-0.2, 0) is 13.1 Å². The van der Waals surface area contributed by atoms with Crippen LogP contribution in [-0.4, -0.2) is 21.2 Å². The largest absolute Gasteiger partial charge is 0.355 e. The molecule has 0 aliphatic carbocycles. The van der Waals surface area contributed by atoms with E-state index in [4.69, 9.17) is 4.52 Å². The van der Waals surface area contributed by atoms with Crippen LogP contribution in [0.25, 0.3) is 10.6 Å². The van der Waals surface area contributed by atoms with Crippen molar-refractivity contribution in [1.29, 1.82) is 0 Å². The van der Waals surface area contributed by atoms with Gasteiger partial charge in [-0.25, -0.2) is 0 Å². The van der Waals surface area contributed by atoms with E-state index in [2.05, 4.69) is 57.4 Å². The summed E-state index contributed by atoms with van der Waals surface area (Å²) in [6.07, 6.45) is 2.16. The highest BCUT2D eigenvalue weighted by molar-refractivity contribution is 7.13. The van der Waals surface area contributed by atoms with Gasteiger partial charge in [-0.05, 0) is 30.5 Å². The Labute approximate surface area is 127 Å². The van der Waals surface area contributed by atoms with E-state index in [1.54, 1.807) is 11.3 Å². The Bertz CT molecular complexity index is 728. The van der Waals surface area contributed by atoms with Crippen LogP contribution in [0.5, 0.6) is 0 Å². The van der Waals surface area contributed by atoms with Crippen LogP contribution < -0.4 is 0 Å². The molecule has 5 heteroatoms. The molecule has 0 unspecified atom stereocenters. The molecule has 4 nitrogen and oxygen atoms in total. The van der Waals surface area contributed by atoms with Crippen LogP contribution in [0.15, 0.2) is 46.4 Å². The lowest BCUT2D eigenvalue weighted by Crippen LogP contribution is -2.35. The highest BCUT2D eigenvalue weighted by Gasteiger charge is 2.24. The van der Waals surface area contributed by atoms with E-state index < -0.39 is 0 Å². The number of hydrogen-bond donors (Lipinski definition) is 0. The molecule has 0 fully saturated rings. The maximum Gasteiger partial charge on any atom is 0.177 e. The number of thiophene rings is 1. The van der Waals surface area contributed by atoms with E-state index in [9.17, 15) is 0 Å². The minimum absolute atomic E-state index is 0.413. The molecule has 108 valence electrons. The van der Waals surface area contributed by atoms with Gasteiger partial charge in [0.2, 0.25) is 0 Å². The Kier molecular flexibility index (Phi) is 3.16. The first kappa shape index (κ1) is 12.9. The summed E-state index contributed by atoms with van der Waals surface area (Å²) in [6.45, 7) is 5.18. The van der Waals surface area contributed by atoms with Crippen LogP contribution in [0.4, 0.5) is 0 Å². The average molecular weight is 299 g/mol. The second-order valence-corrected chi connectivity index (χ2v) is 6.38. The average Bonchev–Trinajstić information content (AvgIpc) is 3.21. The number of nitrogens with zero attached hydrogens (tertiary/aromatic N) is 3. The van der Waals surface area contributed by atoms with Crippen LogP contribution in [0.2, 0.25) is 0 Å². The molecule has 0 saturated heterocycles. The van der Waals surface area contributed by atoms with Gasteiger partial charge >= 0.3 is 0 Å². The SMILES string of the molecule is C[C@@H]1c2cccn2CCN1Cc1cc(-c2cccs2)on1. The van der Waals surface area contributed by atoms with E-state index in [-0.39, 0.29) is 0 Å². The normalized spacial score (nSPS) is 18.8. The van der Waals surface area contributed by atoms with E-state index in [1.165, 1.54) is 5.69 Å². The first-order valence-electron chi connectivity index (χ1n) is 7.20. The molecule has 0 radical (unpaired) electrons. The molecule has 0 amide bonds. The zero-order valence-corrected chi connectivity index (χ0v) is 12.7. The number of rotatable bonds is 3. The summed E-state index contributed by atoms with van der Waals surface area (Å²) in [5.74, 6) is 0.869. The van der Waals surface area contributed by atoms with Gasteiger partial charge in [0, 0.05) is 43.6 Å². The summed E-state index contributed by atoms with van der Waals surface area (Å²) in [5, 5.41) is 6.28. The monoisotopic (exact) mass is 299 g/mol. The molecule has 3 aromatic heterocycles. The van der Waals surface area contributed by atoms with Crippen LogP contribution in [0.3, 0.4) is 0 Å². The van der Waals surface area contributed by atoms with Gasteiger partial charge in [0.15, 0.2) is 5.76 Å². The van der Waals surface area contributed by atoms with Crippen LogP contribution >= 0.6 is 11.3 Å². The Morgan fingerprint density at radius 1 is 1.33 bits per heavy atom. The molecular weight excluding hydrogens is 282 g/mol. The first-order chi connectivity index (χ1) is 10.3. The predicted molar refractivity (Wildman–Crippen MR) is 83.1 cm³/mol. The highest BCUT2D eigenvalue weighted by Crippen LogP contribution is 2.29. The molecule has 0 saturated carbocycles. The lowest BCUT2D eigenvalue weighted by atomic mass is 10.1. The number of aromatic nitrogens is 2. The standard InChI is InChI=1S/C16H17N3OS/c1-12-14-4-2-6-18(14)7-8-19(12)11-13-10-15(20-17-13)16-5-3-9-21-16/h2-6,9-10,12H,7-8,11H2,1H3/t12-/m1/s1. The highest BCUT2D eigenvalue weighted by atomic mass is 32.1. The number of hydrogen-bond acceptors (Lipinski definition) is 4. The van der Waals surface area contributed by atoms with E-state index in [1.807, 2.05) is 6.07 Å². The Balaban J connectivity index is 1.52. The third kappa shape index (κ3) is 2.32. The van der Waals surface area contributed by atoms with Gasteiger partial charge in [0.1, 0.15) is 0 Å². The van der Waals surface area contributed by atoms with E-state index >= 15 is 0 Å². The van der Waals surface area contributed by atoms with E-state index in [0.717, 1.165) is 36.0 Å². The number of fused-ring (bicyclic) bond motifs is 1. The van der Waals surface area contributed by atoms with Gasteiger partial charge in [-0.1, -0.05) is 11.2 Å². The lowest BCUT2D eigenvalue weighted by Gasteiger charge is -2.34. The fourth-order valence-corrected chi connectivity index (χ4v) is 3.65. The topological polar surface area (TPSA) is 34.2 Å². The van der Waals surface area contributed by atoms with Crippen molar-refractivity contribution in [3.05, 3.63) is 53.3 Å². The molecule has 21 heavy (non-hydrogen) atoms. The third-order valence-corrected chi connectivity index (χ3v) is 5.04. The third-order valence-electron chi connectivity index (χ3n) is 4.16. The van der Waals surface area contributed by atoms with Crippen molar-refractivity contribution in [3.8, 4) is 10.6 Å². The second kappa shape index (κ2) is 5.16. The van der Waals surface area contributed by atoms with Crippen molar-refractivity contribution in [1.82, 2.24) is 14.6 Å². The molecule has 0 aromatic carbocycles. The van der Waals surface area contributed by atoms with Crippen molar-refractivity contribution in [2.24, 2.45) is 0 Å². The van der Waals surface area contributed by atoms with Gasteiger partial charge in [0.05, 0.1) is 10.6 Å². The predicted octanol–water partition coefficient (Wildman–Crippen LogP) is 3.78. The molecule has 0 bridgehead atoms. The summed E-state index contributed by atoms with van der Waals surface area (Å²) in [7, 11) is 0. The van der Waals surface area contributed by atoms with Gasteiger partial charge < -0.3 is 9.09 Å². The molecule has 4 heterocycles. The molecule has 1 aliphatic heterocycles. The molecule has 1 atom stereocenters. The lowest BCUT2D eigenvalue weighted by molar-refractivity contribution is 0.157. The summed E-state index contributed by atoms with van der Waals surface area (Å²) in [6, 6.07) is 10.9. The molecular formula is C16H17N3OS. The zero-order chi connectivity index (χ0) is 14.2. The minimum atomic E-state index is 0.413. The summed E-state index contributed by atoms with van der Waals surface area (Å²) in [4.78, 5) is 3.58. The van der Waals surface area contributed by atoms with E-state index in [0.29, 0.717) is 6.04 Å². The maximum atomic E-state index is 5.47. The van der Waals surface area contributed by atoms with Gasteiger partial charge in [-0.15, -0.1) is 11.3 Å². The zero-order valence-electron chi connectivity index (χ0n) is 11.9. The summed E-state index contributed by atoms with van der Waals surface area (Å²) < 4.78 is 7.80. The van der Waals surface area contributed by atoms with Gasteiger partial charge in [-0.2, -0.15) is 0 Å². The Hall–Kier alpha value is -1.85. The maximum absolute atomic E-state index is 5.47. The molecule has 1 aliphatic rings. The fourth-order valence-electron chi connectivity index (χ4n) is 2.97. The molecule has 4 rings (SSSR count). The minimum Gasteiger partial charge on any atom is -0.355 e. The first-order valence-corrected chi connectivity index (χ1v) is 8.08. The molecule has 0 spiro atoms. The quantitative estimate of drug-likeness (QED) is 0.738. The van der Waals surface area contributed by atoms with Crippen LogP contribution in [0.1, 0.15) is 24.4 Å². The molecule has 3 aromatic rings.